The molecular formula is C23H22N4O2. The first-order valence-corrected chi connectivity index (χ1v) is 9.28. The predicted molar refractivity (Wildman–Crippen MR) is 113 cm³/mol. The molecule has 0 aliphatic heterocycles. The number of hydrogen-bond donors (Lipinski definition) is 1. The minimum Gasteiger partial charge on any atom is -0.494 e. The van der Waals surface area contributed by atoms with Crippen molar-refractivity contribution in [3.05, 3.63) is 77.4 Å². The summed E-state index contributed by atoms with van der Waals surface area (Å²) in [5, 5.41) is 12.3. The second-order valence-corrected chi connectivity index (χ2v) is 6.45. The summed E-state index contributed by atoms with van der Waals surface area (Å²) >= 11 is 0. The lowest BCUT2D eigenvalue weighted by molar-refractivity contribution is -0.112. The van der Waals surface area contributed by atoms with Crippen molar-refractivity contribution in [1.82, 2.24) is 9.55 Å². The van der Waals surface area contributed by atoms with Crippen molar-refractivity contribution in [2.24, 2.45) is 0 Å². The Balaban J connectivity index is 1.84. The number of hydrogen-bond acceptors (Lipinski definition) is 4. The first-order chi connectivity index (χ1) is 14.0. The van der Waals surface area contributed by atoms with Gasteiger partial charge in [0, 0.05) is 23.3 Å². The van der Waals surface area contributed by atoms with E-state index in [4.69, 9.17) is 4.74 Å². The average molecular weight is 386 g/mol. The zero-order valence-electron chi connectivity index (χ0n) is 16.6. The quantitative estimate of drug-likeness (QED) is 0.502. The van der Waals surface area contributed by atoms with E-state index in [-0.39, 0.29) is 5.57 Å². The highest BCUT2D eigenvalue weighted by Crippen LogP contribution is 2.23. The van der Waals surface area contributed by atoms with Gasteiger partial charge in [-0.05, 0) is 74.9 Å². The number of rotatable bonds is 6. The van der Waals surface area contributed by atoms with Crippen LogP contribution < -0.4 is 10.1 Å². The van der Waals surface area contributed by atoms with Gasteiger partial charge in [0.15, 0.2) is 0 Å². The van der Waals surface area contributed by atoms with Crippen LogP contribution in [0.4, 0.5) is 5.69 Å². The van der Waals surface area contributed by atoms with E-state index in [0.717, 1.165) is 28.4 Å². The number of aryl methyl sites for hydroxylation is 1. The molecule has 1 amide bonds. The smallest absolute Gasteiger partial charge is 0.266 e. The number of nitrogens with one attached hydrogen (secondary N) is 1. The molecule has 2 aromatic heterocycles. The summed E-state index contributed by atoms with van der Waals surface area (Å²) in [7, 11) is 0. The lowest BCUT2D eigenvalue weighted by Gasteiger charge is -2.09. The molecule has 0 aliphatic rings. The van der Waals surface area contributed by atoms with Crippen molar-refractivity contribution in [1.29, 1.82) is 5.26 Å². The topological polar surface area (TPSA) is 79.9 Å². The second kappa shape index (κ2) is 8.89. The van der Waals surface area contributed by atoms with Gasteiger partial charge in [0.25, 0.3) is 5.91 Å². The molecular weight excluding hydrogens is 364 g/mol. The molecule has 6 heteroatoms. The van der Waals surface area contributed by atoms with Crippen LogP contribution in [0, 0.1) is 25.2 Å². The van der Waals surface area contributed by atoms with Crippen LogP contribution in [0.2, 0.25) is 0 Å². The van der Waals surface area contributed by atoms with Crippen LogP contribution in [0.5, 0.6) is 5.75 Å². The number of ether oxygens (including phenoxy) is 1. The van der Waals surface area contributed by atoms with Gasteiger partial charge in [-0.3, -0.25) is 9.78 Å². The minimum absolute atomic E-state index is 0.0327. The van der Waals surface area contributed by atoms with Crippen LogP contribution in [-0.2, 0) is 4.79 Å². The highest BCUT2D eigenvalue weighted by atomic mass is 16.5. The predicted octanol–water partition coefficient (Wildman–Crippen LogP) is 4.43. The van der Waals surface area contributed by atoms with Gasteiger partial charge in [-0.1, -0.05) is 0 Å². The fourth-order valence-corrected chi connectivity index (χ4v) is 3.12. The Morgan fingerprint density at radius 1 is 1.28 bits per heavy atom. The van der Waals surface area contributed by atoms with Crippen LogP contribution in [0.25, 0.3) is 11.8 Å². The van der Waals surface area contributed by atoms with E-state index in [1.54, 1.807) is 42.7 Å². The summed E-state index contributed by atoms with van der Waals surface area (Å²) in [6.07, 6.45) is 5.11. The third-order valence-corrected chi connectivity index (χ3v) is 4.46. The van der Waals surface area contributed by atoms with Crippen molar-refractivity contribution in [2.75, 3.05) is 11.9 Å². The molecule has 146 valence electrons. The van der Waals surface area contributed by atoms with E-state index < -0.39 is 5.91 Å². The van der Waals surface area contributed by atoms with Crippen molar-refractivity contribution in [2.45, 2.75) is 20.8 Å². The molecule has 0 saturated heterocycles. The third-order valence-electron chi connectivity index (χ3n) is 4.46. The Morgan fingerprint density at radius 2 is 2.03 bits per heavy atom. The fourth-order valence-electron chi connectivity index (χ4n) is 3.12. The van der Waals surface area contributed by atoms with Crippen LogP contribution in [-0.4, -0.2) is 22.1 Å². The molecule has 2 heterocycles. The number of aromatic nitrogens is 2. The van der Waals surface area contributed by atoms with Gasteiger partial charge >= 0.3 is 0 Å². The van der Waals surface area contributed by atoms with Crippen LogP contribution in [0.15, 0.2) is 60.4 Å². The van der Waals surface area contributed by atoms with Gasteiger partial charge in [0.05, 0.1) is 18.5 Å². The average Bonchev–Trinajstić information content (AvgIpc) is 3.01. The van der Waals surface area contributed by atoms with Crippen molar-refractivity contribution in [3.8, 4) is 17.5 Å². The zero-order chi connectivity index (χ0) is 20.8. The van der Waals surface area contributed by atoms with Crippen molar-refractivity contribution in [3.63, 3.8) is 0 Å². The molecule has 0 bridgehead atoms. The third kappa shape index (κ3) is 4.53. The summed E-state index contributed by atoms with van der Waals surface area (Å²) in [5.74, 6) is 0.271. The number of carbonyl (C=O) groups excluding carboxylic acids is 1. The molecule has 0 atom stereocenters. The molecule has 0 unspecified atom stereocenters. The maximum atomic E-state index is 12.6. The van der Waals surface area contributed by atoms with Gasteiger partial charge in [-0.15, -0.1) is 0 Å². The molecule has 6 nitrogen and oxygen atoms in total. The molecule has 1 N–H and O–H groups in total. The Morgan fingerprint density at radius 3 is 2.66 bits per heavy atom. The molecule has 3 rings (SSSR count). The SMILES string of the molecule is CCOc1ccc(NC(=O)C(C#N)=Cc2cc(C)n(-c3cccnc3)c2C)cc1. The largest absolute Gasteiger partial charge is 0.494 e. The number of anilines is 1. The van der Waals surface area contributed by atoms with Gasteiger partial charge in [-0.25, -0.2) is 0 Å². The summed E-state index contributed by atoms with van der Waals surface area (Å²) in [6.45, 7) is 6.41. The Hall–Kier alpha value is -3.85. The maximum Gasteiger partial charge on any atom is 0.266 e. The summed E-state index contributed by atoms with van der Waals surface area (Å²) in [4.78, 5) is 16.7. The second-order valence-electron chi connectivity index (χ2n) is 6.45. The summed E-state index contributed by atoms with van der Waals surface area (Å²) in [6, 6.07) is 14.8. The molecule has 0 saturated carbocycles. The summed E-state index contributed by atoms with van der Waals surface area (Å²) in [5.41, 5.74) is 4.29. The number of benzene rings is 1. The number of nitriles is 1. The number of pyridine rings is 1. The van der Waals surface area contributed by atoms with E-state index in [1.165, 1.54) is 0 Å². The van der Waals surface area contributed by atoms with Gasteiger partial charge in [-0.2, -0.15) is 5.26 Å². The monoisotopic (exact) mass is 386 g/mol. The van der Waals surface area contributed by atoms with E-state index >= 15 is 0 Å². The molecule has 1 aromatic carbocycles. The van der Waals surface area contributed by atoms with Gasteiger partial charge in [0.2, 0.25) is 0 Å². The van der Waals surface area contributed by atoms with E-state index in [1.807, 2.05) is 49.6 Å². The lowest BCUT2D eigenvalue weighted by Crippen LogP contribution is -2.13. The molecule has 0 fully saturated rings. The highest BCUT2D eigenvalue weighted by molar-refractivity contribution is 6.09. The minimum atomic E-state index is -0.456. The summed E-state index contributed by atoms with van der Waals surface area (Å²) < 4.78 is 7.43. The Bertz CT molecular complexity index is 1070. The highest BCUT2D eigenvalue weighted by Gasteiger charge is 2.14. The molecule has 29 heavy (non-hydrogen) atoms. The molecule has 0 radical (unpaired) electrons. The van der Waals surface area contributed by atoms with Crippen LogP contribution in [0.3, 0.4) is 0 Å². The van der Waals surface area contributed by atoms with E-state index in [9.17, 15) is 10.1 Å². The molecule has 0 aliphatic carbocycles. The van der Waals surface area contributed by atoms with E-state index in [2.05, 4.69) is 10.3 Å². The fraction of sp³-hybridized carbons (Fsp3) is 0.174. The zero-order valence-corrected chi connectivity index (χ0v) is 16.6. The normalized spacial score (nSPS) is 11.0. The molecule has 3 aromatic rings. The number of nitrogens with zero attached hydrogens (tertiary/aromatic N) is 3. The van der Waals surface area contributed by atoms with Crippen LogP contribution in [0.1, 0.15) is 23.9 Å². The van der Waals surface area contributed by atoms with Crippen molar-refractivity contribution < 1.29 is 9.53 Å². The lowest BCUT2D eigenvalue weighted by atomic mass is 10.1. The standard InChI is InChI=1S/C23H22N4O2/c1-4-29-22-9-7-20(8-10-22)26-23(28)19(14-24)13-18-12-16(2)27(17(18)3)21-6-5-11-25-15-21/h5-13,15H,4H2,1-3H3,(H,26,28). The van der Waals surface area contributed by atoms with E-state index in [0.29, 0.717) is 12.3 Å². The van der Waals surface area contributed by atoms with Gasteiger partial charge < -0.3 is 14.6 Å². The first kappa shape index (κ1) is 19.9. The molecule has 0 spiro atoms. The maximum absolute atomic E-state index is 12.6. The Labute approximate surface area is 170 Å². The first-order valence-electron chi connectivity index (χ1n) is 9.28. The van der Waals surface area contributed by atoms with Crippen molar-refractivity contribution >= 4 is 17.7 Å². The van der Waals surface area contributed by atoms with Gasteiger partial charge in [0.1, 0.15) is 17.4 Å². The Kier molecular flexibility index (Phi) is 6.10. The number of carbonyl (C=O) groups is 1. The van der Waals surface area contributed by atoms with Crippen LogP contribution >= 0.6 is 0 Å². The number of amides is 1.